The van der Waals surface area contributed by atoms with Crippen molar-refractivity contribution >= 4 is 15.9 Å². The summed E-state index contributed by atoms with van der Waals surface area (Å²) in [4.78, 5) is 14.2. The average molecular weight is 407 g/mol. The monoisotopic (exact) mass is 407 g/mol. The number of nitriles is 1. The third-order valence-electron chi connectivity index (χ3n) is 3.96. The maximum Gasteiger partial charge on any atom is 0.266 e. The third kappa shape index (κ3) is 5.42. The second-order valence-electron chi connectivity index (χ2n) is 5.99. The number of hydrogen-bond acceptors (Lipinski definition) is 5. The topological polar surface area (TPSA) is 108 Å². The van der Waals surface area contributed by atoms with E-state index >= 15 is 0 Å². The van der Waals surface area contributed by atoms with Gasteiger partial charge in [0.15, 0.2) is 0 Å². The molecule has 0 radical (unpaired) electrons. The first-order valence-corrected chi connectivity index (χ1v) is 10.1. The molecule has 2 N–H and O–H groups in total. The molecule has 0 bridgehead atoms. The van der Waals surface area contributed by atoms with Gasteiger partial charge in [0, 0.05) is 5.56 Å². The van der Waals surface area contributed by atoms with E-state index in [0.717, 1.165) is 11.3 Å². The van der Waals surface area contributed by atoms with Gasteiger partial charge in [0.25, 0.3) is 15.9 Å². The van der Waals surface area contributed by atoms with Crippen molar-refractivity contribution in [1.82, 2.24) is 10.3 Å². The van der Waals surface area contributed by atoms with Crippen LogP contribution in [0.5, 0.6) is 5.75 Å². The summed E-state index contributed by atoms with van der Waals surface area (Å²) in [5, 5.41) is 8.76. The number of nitrogens with one attached hydrogen (secondary N) is 2. The molecule has 8 heteroatoms. The molecule has 0 aliphatic carbocycles. The van der Waals surface area contributed by atoms with Crippen molar-refractivity contribution in [3.8, 4) is 11.8 Å². The normalized spacial score (nSPS) is 10.7. The summed E-state index contributed by atoms with van der Waals surface area (Å²) < 4.78 is 30.1. The Labute approximate surface area is 168 Å². The van der Waals surface area contributed by atoms with E-state index in [1.165, 1.54) is 24.3 Å². The van der Waals surface area contributed by atoms with Crippen LogP contribution < -0.4 is 15.0 Å². The van der Waals surface area contributed by atoms with E-state index in [1.54, 1.807) is 24.3 Å². The second kappa shape index (κ2) is 9.01. The molecule has 7 nitrogen and oxygen atoms in total. The predicted octanol–water partition coefficient (Wildman–Crippen LogP) is 2.76. The van der Waals surface area contributed by atoms with Gasteiger partial charge in [-0.05, 0) is 54.1 Å². The lowest BCUT2D eigenvalue weighted by Gasteiger charge is -2.09. The van der Waals surface area contributed by atoms with Crippen molar-refractivity contribution in [3.63, 3.8) is 0 Å². The Morgan fingerprint density at radius 3 is 2.21 bits per heavy atom. The van der Waals surface area contributed by atoms with Crippen LogP contribution >= 0.6 is 0 Å². The lowest BCUT2D eigenvalue weighted by molar-refractivity contribution is 0.0945. The minimum atomic E-state index is -3.95. The highest BCUT2D eigenvalue weighted by atomic mass is 32.2. The molecule has 0 fully saturated rings. The molecule has 0 aliphatic heterocycles. The van der Waals surface area contributed by atoms with E-state index in [9.17, 15) is 13.2 Å². The molecule has 0 spiro atoms. The van der Waals surface area contributed by atoms with E-state index in [0.29, 0.717) is 12.2 Å². The molecular weight excluding hydrogens is 390 g/mol. The van der Waals surface area contributed by atoms with Gasteiger partial charge >= 0.3 is 0 Å². The van der Waals surface area contributed by atoms with Crippen LogP contribution in [0.25, 0.3) is 0 Å². The molecule has 3 aromatic carbocycles. The predicted molar refractivity (Wildman–Crippen MR) is 106 cm³/mol. The first kappa shape index (κ1) is 20.1. The number of rotatable bonds is 7. The average Bonchev–Trinajstić information content (AvgIpc) is 2.77. The van der Waals surface area contributed by atoms with Crippen molar-refractivity contribution in [1.29, 1.82) is 5.26 Å². The molecular formula is C21H17N3O4S. The van der Waals surface area contributed by atoms with Gasteiger partial charge in [-0.15, -0.1) is 4.83 Å². The smallest absolute Gasteiger partial charge is 0.266 e. The van der Waals surface area contributed by atoms with Gasteiger partial charge in [-0.2, -0.15) is 5.26 Å². The zero-order valence-electron chi connectivity index (χ0n) is 15.2. The van der Waals surface area contributed by atoms with Crippen LogP contribution in [0.2, 0.25) is 0 Å². The molecule has 29 heavy (non-hydrogen) atoms. The van der Waals surface area contributed by atoms with Crippen LogP contribution in [-0.4, -0.2) is 14.3 Å². The Morgan fingerprint density at radius 1 is 0.931 bits per heavy atom. The maximum absolute atomic E-state index is 12.2. The molecule has 3 rings (SSSR count). The fraction of sp³-hybridized carbons (Fsp3) is 0.0476. The van der Waals surface area contributed by atoms with Crippen LogP contribution in [0.3, 0.4) is 0 Å². The lowest BCUT2D eigenvalue weighted by atomic mass is 10.1. The Morgan fingerprint density at radius 2 is 1.59 bits per heavy atom. The van der Waals surface area contributed by atoms with Gasteiger partial charge in [0.1, 0.15) is 12.4 Å². The van der Waals surface area contributed by atoms with Gasteiger partial charge in [-0.3, -0.25) is 10.2 Å². The summed E-state index contributed by atoms with van der Waals surface area (Å²) >= 11 is 0. The summed E-state index contributed by atoms with van der Waals surface area (Å²) in [5.74, 6) is 0.143. The third-order valence-corrected chi connectivity index (χ3v) is 5.22. The molecule has 0 aliphatic rings. The summed E-state index contributed by atoms with van der Waals surface area (Å²) in [6, 6.07) is 23.2. The molecule has 0 unspecified atom stereocenters. The van der Waals surface area contributed by atoms with Gasteiger partial charge in [0.05, 0.1) is 16.5 Å². The Balaban J connectivity index is 1.56. The summed E-state index contributed by atoms with van der Waals surface area (Å²) in [6.07, 6.45) is 0. The molecule has 146 valence electrons. The molecule has 0 saturated carbocycles. The van der Waals surface area contributed by atoms with Gasteiger partial charge < -0.3 is 4.74 Å². The molecule has 1 amide bonds. The number of nitrogens with zero attached hydrogens (tertiary/aromatic N) is 1. The Kier molecular flexibility index (Phi) is 6.24. The Hall–Kier alpha value is -3.67. The highest BCUT2D eigenvalue weighted by molar-refractivity contribution is 7.89. The highest BCUT2D eigenvalue weighted by Gasteiger charge is 2.15. The van der Waals surface area contributed by atoms with Gasteiger partial charge in [-0.1, -0.05) is 30.3 Å². The van der Waals surface area contributed by atoms with Crippen molar-refractivity contribution in [3.05, 3.63) is 95.6 Å². The SMILES string of the molecule is N#Cc1ccc(S(=O)(=O)NNC(=O)c2ccc(COc3ccccc3)cc2)cc1. The molecule has 0 saturated heterocycles. The van der Waals surface area contributed by atoms with Crippen molar-refractivity contribution in [2.75, 3.05) is 0 Å². The van der Waals surface area contributed by atoms with Crippen LogP contribution in [0.1, 0.15) is 21.5 Å². The van der Waals surface area contributed by atoms with E-state index in [1.807, 2.05) is 41.2 Å². The number of hydrazine groups is 1. The number of benzene rings is 3. The van der Waals surface area contributed by atoms with Crippen molar-refractivity contribution in [2.45, 2.75) is 11.5 Å². The Bertz CT molecular complexity index is 1120. The summed E-state index contributed by atoms with van der Waals surface area (Å²) in [6.45, 7) is 0.344. The van der Waals surface area contributed by atoms with Crippen LogP contribution in [-0.2, 0) is 16.6 Å². The highest BCUT2D eigenvalue weighted by Crippen LogP contribution is 2.13. The summed E-state index contributed by atoms with van der Waals surface area (Å²) in [7, 11) is -3.95. The first-order chi connectivity index (χ1) is 14.0. The van der Waals surface area contributed by atoms with Crippen LogP contribution in [0.4, 0.5) is 0 Å². The summed E-state index contributed by atoms with van der Waals surface area (Å²) in [5.41, 5.74) is 3.66. The maximum atomic E-state index is 12.2. The standard InChI is InChI=1S/C21H17N3O4S/c22-14-16-8-12-20(13-9-16)29(26,27)24-23-21(25)18-10-6-17(7-11-18)15-28-19-4-2-1-3-5-19/h1-13,24H,15H2,(H,23,25). The molecule has 0 atom stereocenters. The van der Waals surface area contributed by atoms with Gasteiger partial charge in [0.2, 0.25) is 0 Å². The van der Waals surface area contributed by atoms with Crippen molar-refractivity contribution < 1.29 is 17.9 Å². The second-order valence-corrected chi connectivity index (χ2v) is 7.68. The number of para-hydroxylation sites is 1. The number of sulfonamides is 1. The number of amides is 1. The van der Waals surface area contributed by atoms with E-state index in [-0.39, 0.29) is 10.5 Å². The van der Waals surface area contributed by atoms with Crippen LogP contribution in [0, 0.1) is 11.3 Å². The minimum absolute atomic E-state index is 0.0646. The number of carbonyl (C=O) groups excluding carboxylic acids is 1. The first-order valence-electron chi connectivity index (χ1n) is 8.57. The fourth-order valence-electron chi connectivity index (χ4n) is 2.39. The van der Waals surface area contributed by atoms with E-state index < -0.39 is 15.9 Å². The van der Waals surface area contributed by atoms with E-state index in [2.05, 4.69) is 5.43 Å². The zero-order valence-corrected chi connectivity index (χ0v) is 16.0. The molecule has 0 heterocycles. The number of carbonyl (C=O) groups is 1. The fourth-order valence-corrected chi connectivity index (χ4v) is 3.23. The number of hydrogen-bond donors (Lipinski definition) is 2. The number of ether oxygens (including phenoxy) is 1. The van der Waals surface area contributed by atoms with E-state index in [4.69, 9.17) is 10.00 Å². The minimum Gasteiger partial charge on any atom is -0.489 e. The zero-order chi connectivity index (χ0) is 20.7. The van der Waals surface area contributed by atoms with Crippen LogP contribution in [0.15, 0.2) is 83.8 Å². The molecule has 0 aromatic heterocycles. The van der Waals surface area contributed by atoms with Crippen molar-refractivity contribution in [2.24, 2.45) is 0 Å². The van der Waals surface area contributed by atoms with Gasteiger partial charge in [-0.25, -0.2) is 8.42 Å². The molecule has 3 aromatic rings. The largest absolute Gasteiger partial charge is 0.489 e. The lowest BCUT2D eigenvalue weighted by Crippen LogP contribution is -2.41. The quantitative estimate of drug-likeness (QED) is 0.586.